The Bertz CT molecular complexity index is 883. The van der Waals surface area contributed by atoms with Gasteiger partial charge in [0.05, 0.1) is 0 Å². The van der Waals surface area contributed by atoms with Crippen LogP contribution < -0.4 is 9.64 Å². The molecule has 0 aliphatic rings. The number of benzene rings is 1. The molecule has 1 aromatic rings. The molecule has 1 rings (SSSR count). The van der Waals surface area contributed by atoms with Gasteiger partial charge < -0.3 is 23.8 Å². The van der Waals surface area contributed by atoms with Crippen LogP contribution in [-0.2, 0) is 33.4 Å². The normalized spacial score (nSPS) is 13.3. The van der Waals surface area contributed by atoms with Gasteiger partial charge in [0.25, 0.3) is 5.91 Å². The lowest BCUT2D eigenvalue weighted by atomic mass is 10.1. The lowest BCUT2D eigenvalue weighted by Crippen LogP contribution is -2.53. The standard InChI is InChI=1S/C21H25ClF3NO8/c1-12(27)31-16(17(32-13(2)28)19(30)34-20(3,4)5)18(29)26(11-10-22)14-6-8-15(9-7-14)33-21(23,24)25/h6-9,16-17H,10-11H2,1-5H3/t16-,17-/m1/s1. The molecule has 0 N–H and O–H groups in total. The second-order valence-electron chi connectivity index (χ2n) is 7.81. The molecule has 0 radical (unpaired) electrons. The van der Waals surface area contributed by atoms with Gasteiger partial charge >= 0.3 is 24.3 Å². The summed E-state index contributed by atoms with van der Waals surface area (Å²) in [5, 5.41) is 0. The van der Waals surface area contributed by atoms with E-state index in [2.05, 4.69) is 4.74 Å². The highest BCUT2D eigenvalue weighted by Crippen LogP contribution is 2.27. The van der Waals surface area contributed by atoms with Crippen LogP contribution in [0.25, 0.3) is 0 Å². The van der Waals surface area contributed by atoms with Crippen molar-refractivity contribution in [3.05, 3.63) is 24.3 Å². The second-order valence-corrected chi connectivity index (χ2v) is 8.19. The predicted octanol–water partition coefficient (Wildman–Crippen LogP) is 3.36. The number of halogens is 4. The highest BCUT2D eigenvalue weighted by atomic mass is 35.5. The van der Waals surface area contributed by atoms with Gasteiger partial charge in [0.2, 0.25) is 12.2 Å². The summed E-state index contributed by atoms with van der Waals surface area (Å²) in [6.45, 7) is 6.34. The van der Waals surface area contributed by atoms with Crippen molar-refractivity contribution in [1.29, 1.82) is 0 Å². The smallest absolute Gasteiger partial charge is 0.457 e. The lowest BCUT2D eigenvalue weighted by Gasteiger charge is -2.31. The Morgan fingerprint density at radius 2 is 1.44 bits per heavy atom. The molecule has 0 heterocycles. The van der Waals surface area contributed by atoms with Crippen molar-refractivity contribution in [2.24, 2.45) is 0 Å². The van der Waals surface area contributed by atoms with E-state index in [9.17, 15) is 32.3 Å². The van der Waals surface area contributed by atoms with Crippen LogP contribution in [0.4, 0.5) is 18.9 Å². The van der Waals surface area contributed by atoms with Crippen LogP contribution in [0.5, 0.6) is 5.75 Å². The van der Waals surface area contributed by atoms with Crippen LogP contribution in [0.3, 0.4) is 0 Å². The summed E-state index contributed by atoms with van der Waals surface area (Å²) in [5.74, 6) is -4.79. The molecule has 9 nitrogen and oxygen atoms in total. The van der Waals surface area contributed by atoms with E-state index in [0.29, 0.717) is 0 Å². The summed E-state index contributed by atoms with van der Waals surface area (Å²) >= 11 is 5.78. The van der Waals surface area contributed by atoms with E-state index in [4.69, 9.17) is 25.8 Å². The van der Waals surface area contributed by atoms with Crippen molar-refractivity contribution >= 4 is 41.1 Å². The van der Waals surface area contributed by atoms with Gasteiger partial charge in [-0.1, -0.05) is 0 Å². The molecular formula is C21H25ClF3NO8. The van der Waals surface area contributed by atoms with Gasteiger partial charge in [-0.15, -0.1) is 24.8 Å². The SMILES string of the molecule is CC(=O)O[C@@H](C(=O)OC(C)(C)C)[C@@H](OC(C)=O)C(=O)N(CCCl)c1ccc(OC(F)(F)F)cc1. The molecule has 0 saturated carbocycles. The number of hydrogen-bond donors (Lipinski definition) is 0. The number of carbonyl (C=O) groups is 4. The van der Waals surface area contributed by atoms with Crippen molar-refractivity contribution in [1.82, 2.24) is 0 Å². The van der Waals surface area contributed by atoms with E-state index in [1.165, 1.54) is 20.8 Å². The third kappa shape index (κ3) is 9.86. The third-order valence-electron chi connectivity index (χ3n) is 3.70. The highest BCUT2D eigenvalue weighted by molar-refractivity contribution is 6.18. The molecule has 0 fully saturated rings. The molecule has 2 atom stereocenters. The molecule has 13 heteroatoms. The number of hydrogen-bond acceptors (Lipinski definition) is 8. The van der Waals surface area contributed by atoms with Gasteiger partial charge in [-0.25, -0.2) is 4.79 Å². The van der Waals surface area contributed by atoms with Crippen LogP contribution in [0.15, 0.2) is 24.3 Å². The summed E-state index contributed by atoms with van der Waals surface area (Å²) < 4.78 is 56.3. The molecule has 190 valence electrons. The van der Waals surface area contributed by atoms with E-state index in [-0.39, 0.29) is 18.1 Å². The quantitative estimate of drug-likeness (QED) is 0.282. The Morgan fingerprint density at radius 3 is 1.85 bits per heavy atom. The van der Waals surface area contributed by atoms with Crippen molar-refractivity contribution in [3.8, 4) is 5.75 Å². The maximum absolute atomic E-state index is 13.4. The van der Waals surface area contributed by atoms with Gasteiger partial charge in [0.1, 0.15) is 11.4 Å². The molecule has 1 amide bonds. The number of rotatable bonds is 9. The Hall–Kier alpha value is -3.02. The summed E-state index contributed by atoms with van der Waals surface area (Å²) in [5.41, 5.74) is -0.994. The van der Waals surface area contributed by atoms with E-state index >= 15 is 0 Å². The van der Waals surface area contributed by atoms with Gasteiger partial charge in [-0.3, -0.25) is 14.4 Å². The monoisotopic (exact) mass is 511 g/mol. The minimum Gasteiger partial charge on any atom is -0.457 e. The zero-order valence-corrected chi connectivity index (χ0v) is 19.9. The fraction of sp³-hybridized carbons (Fsp3) is 0.524. The van der Waals surface area contributed by atoms with Crippen LogP contribution in [0, 0.1) is 0 Å². The van der Waals surface area contributed by atoms with Crippen LogP contribution >= 0.6 is 11.6 Å². The Morgan fingerprint density at radius 1 is 0.941 bits per heavy atom. The predicted molar refractivity (Wildman–Crippen MR) is 113 cm³/mol. The lowest BCUT2D eigenvalue weighted by molar-refractivity contribution is -0.274. The van der Waals surface area contributed by atoms with Crippen LogP contribution in [0.1, 0.15) is 34.6 Å². The first kappa shape index (κ1) is 29.0. The van der Waals surface area contributed by atoms with Gasteiger partial charge in [0, 0.05) is 32.0 Å². The van der Waals surface area contributed by atoms with Gasteiger partial charge in [-0.05, 0) is 45.0 Å². The first-order valence-corrected chi connectivity index (χ1v) is 10.4. The van der Waals surface area contributed by atoms with Crippen molar-refractivity contribution in [3.63, 3.8) is 0 Å². The van der Waals surface area contributed by atoms with Crippen molar-refractivity contribution in [2.75, 3.05) is 17.3 Å². The molecule has 0 spiro atoms. The number of anilines is 1. The summed E-state index contributed by atoms with van der Waals surface area (Å²) in [6, 6.07) is 4.17. The molecular weight excluding hydrogens is 487 g/mol. The molecule has 1 aromatic carbocycles. The number of alkyl halides is 4. The first-order valence-electron chi connectivity index (χ1n) is 9.84. The Kier molecular flexibility index (Phi) is 10.2. The maximum Gasteiger partial charge on any atom is 0.573 e. The largest absolute Gasteiger partial charge is 0.573 e. The van der Waals surface area contributed by atoms with E-state index in [1.807, 2.05) is 0 Å². The summed E-state index contributed by atoms with van der Waals surface area (Å²) in [4.78, 5) is 50.4. The molecule has 0 aliphatic carbocycles. The van der Waals surface area contributed by atoms with Gasteiger partial charge in [0.15, 0.2) is 0 Å². The van der Waals surface area contributed by atoms with Crippen molar-refractivity contribution < 1.29 is 51.3 Å². The maximum atomic E-state index is 13.4. The number of ether oxygens (including phenoxy) is 4. The minimum absolute atomic E-state index is 0.0445. The molecule has 0 saturated heterocycles. The highest BCUT2D eigenvalue weighted by Gasteiger charge is 2.44. The number of carbonyl (C=O) groups excluding carboxylic acids is 4. The molecule has 0 aliphatic heterocycles. The number of esters is 3. The topological polar surface area (TPSA) is 108 Å². The number of nitrogens with zero attached hydrogens (tertiary/aromatic N) is 1. The summed E-state index contributed by atoms with van der Waals surface area (Å²) in [7, 11) is 0. The molecule has 34 heavy (non-hydrogen) atoms. The van der Waals surface area contributed by atoms with Crippen LogP contribution in [-0.4, -0.2) is 60.4 Å². The average molecular weight is 512 g/mol. The van der Waals surface area contributed by atoms with Crippen molar-refractivity contribution in [2.45, 2.75) is 58.8 Å². The minimum atomic E-state index is -4.92. The van der Waals surface area contributed by atoms with E-state index < -0.39 is 53.7 Å². The fourth-order valence-electron chi connectivity index (χ4n) is 2.63. The molecule has 0 unspecified atom stereocenters. The fourth-order valence-corrected chi connectivity index (χ4v) is 2.79. The zero-order chi connectivity index (χ0) is 26.3. The third-order valence-corrected chi connectivity index (χ3v) is 3.87. The van der Waals surface area contributed by atoms with E-state index in [1.54, 1.807) is 0 Å². The van der Waals surface area contributed by atoms with E-state index in [0.717, 1.165) is 43.0 Å². The zero-order valence-electron chi connectivity index (χ0n) is 19.1. The molecule has 0 bridgehead atoms. The Labute approximate surface area is 199 Å². The Balaban J connectivity index is 3.39. The molecule has 0 aromatic heterocycles. The number of amides is 1. The van der Waals surface area contributed by atoms with Gasteiger partial charge in [-0.2, -0.15) is 0 Å². The van der Waals surface area contributed by atoms with Crippen LogP contribution in [0.2, 0.25) is 0 Å². The first-order chi connectivity index (χ1) is 15.5. The average Bonchev–Trinajstić information content (AvgIpc) is 2.66. The second kappa shape index (κ2) is 11.9. The summed E-state index contributed by atoms with van der Waals surface area (Å²) in [6.07, 6.45) is -8.84.